The SMILES string of the molecule is CCNc1ncc(C)c(N(CC)C(C)C)n1. The van der Waals surface area contributed by atoms with Crippen molar-refractivity contribution in [2.24, 2.45) is 0 Å². The average Bonchev–Trinajstić information content (AvgIpc) is 2.23. The molecule has 0 saturated heterocycles. The van der Waals surface area contributed by atoms with Gasteiger partial charge in [-0.1, -0.05) is 0 Å². The lowest BCUT2D eigenvalue weighted by Gasteiger charge is -2.27. The maximum atomic E-state index is 4.56. The van der Waals surface area contributed by atoms with Gasteiger partial charge in [0.05, 0.1) is 0 Å². The van der Waals surface area contributed by atoms with Gasteiger partial charge in [-0.05, 0) is 34.6 Å². The Bertz CT molecular complexity index is 336. The highest BCUT2D eigenvalue weighted by Gasteiger charge is 2.13. The fourth-order valence-corrected chi connectivity index (χ4v) is 1.73. The zero-order valence-electron chi connectivity index (χ0n) is 10.9. The van der Waals surface area contributed by atoms with Gasteiger partial charge in [0.15, 0.2) is 0 Å². The summed E-state index contributed by atoms with van der Waals surface area (Å²) in [4.78, 5) is 11.1. The van der Waals surface area contributed by atoms with E-state index >= 15 is 0 Å². The molecule has 16 heavy (non-hydrogen) atoms. The highest BCUT2D eigenvalue weighted by atomic mass is 15.2. The first-order valence-electron chi connectivity index (χ1n) is 5.94. The number of aromatic nitrogens is 2. The van der Waals surface area contributed by atoms with Gasteiger partial charge in [-0.25, -0.2) is 4.98 Å². The molecule has 4 nitrogen and oxygen atoms in total. The van der Waals surface area contributed by atoms with Crippen LogP contribution in [0.4, 0.5) is 11.8 Å². The lowest BCUT2D eigenvalue weighted by molar-refractivity contribution is 0.689. The van der Waals surface area contributed by atoms with E-state index in [1.165, 1.54) is 0 Å². The Morgan fingerprint density at radius 3 is 2.56 bits per heavy atom. The van der Waals surface area contributed by atoms with Gasteiger partial charge in [-0.3, -0.25) is 0 Å². The van der Waals surface area contributed by atoms with Gasteiger partial charge in [-0.2, -0.15) is 4.98 Å². The van der Waals surface area contributed by atoms with Crippen LogP contribution >= 0.6 is 0 Å². The van der Waals surface area contributed by atoms with Crippen LogP contribution in [0.5, 0.6) is 0 Å². The fraction of sp³-hybridized carbons (Fsp3) is 0.667. The van der Waals surface area contributed by atoms with Crippen molar-refractivity contribution in [3.8, 4) is 0 Å². The summed E-state index contributed by atoms with van der Waals surface area (Å²) in [5, 5.41) is 3.14. The Balaban J connectivity index is 3.04. The monoisotopic (exact) mass is 222 g/mol. The predicted molar refractivity (Wildman–Crippen MR) is 69.1 cm³/mol. The molecule has 0 aliphatic rings. The van der Waals surface area contributed by atoms with E-state index in [1.807, 2.05) is 13.1 Å². The van der Waals surface area contributed by atoms with Gasteiger partial charge in [0.2, 0.25) is 5.95 Å². The number of anilines is 2. The zero-order chi connectivity index (χ0) is 12.1. The minimum absolute atomic E-state index is 0.452. The largest absolute Gasteiger partial charge is 0.354 e. The molecule has 4 heteroatoms. The van der Waals surface area contributed by atoms with Crippen molar-refractivity contribution >= 4 is 11.8 Å². The van der Waals surface area contributed by atoms with Crippen LogP contribution in [0, 0.1) is 6.92 Å². The van der Waals surface area contributed by atoms with Crippen LogP contribution in [-0.4, -0.2) is 29.1 Å². The lowest BCUT2D eigenvalue weighted by Crippen LogP contribution is -2.32. The van der Waals surface area contributed by atoms with E-state index in [9.17, 15) is 0 Å². The third kappa shape index (κ3) is 2.84. The zero-order valence-corrected chi connectivity index (χ0v) is 10.9. The molecule has 0 amide bonds. The molecule has 0 unspecified atom stereocenters. The first kappa shape index (κ1) is 12.7. The van der Waals surface area contributed by atoms with Crippen LogP contribution in [0.2, 0.25) is 0 Å². The molecule has 0 fully saturated rings. The average molecular weight is 222 g/mol. The highest BCUT2D eigenvalue weighted by Crippen LogP contribution is 2.19. The normalized spacial score (nSPS) is 10.6. The van der Waals surface area contributed by atoms with Crippen LogP contribution in [0.15, 0.2) is 6.20 Å². The Kier molecular flexibility index (Phi) is 4.52. The molecule has 0 aliphatic heterocycles. The van der Waals surface area contributed by atoms with E-state index in [2.05, 4.69) is 47.9 Å². The van der Waals surface area contributed by atoms with Crippen molar-refractivity contribution in [2.45, 2.75) is 40.7 Å². The summed E-state index contributed by atoms with van der Waals surface area (Å²) in [5.74, 6) is 1.74. The molecule has 0 aromatic carbocycles. The van der Waals surface area contributed by atoms with Gasteiger partial charge in [0.1, 0.15) is 5.82 Å². The van der Waals surface area contributed by atoms with Crippen molar-refractivity contribution in [2.75, 3.05) is 23.3 Å². The first-order valence-corrected chi connectivity index (χ1v) is 5.94. The van der Waals surface area contributed by atoms with Crippen LogP contribution in [-0.2, 0) is 0 Å². The molecule has 1 aromatic rings. The third-order valence-corrected chi connectivity index (χ3v) is 2.52. The number of hydrogen-bond donors (Lipinski definition) is 1. The fourth-order valence-electron chi connectivity index (χ4n) is 1.73. The van der Waals surface area contributed by atoms with E-state index in [4.69, 9.17) is 0 Å². The van der Waals surface area contributed by atoms with Crippen molar-refractivity contribution in [3.05, 3.63) is 11.8 Å². The van der Waals surface area contributed by atoms with Crippen molar-refractivity contribution in [3.63, 3.8) is 0 Å². The van der Waals surface area contributed by atoms with Crippen molar-refractivity contribution in [1.29, 1.82) is 0 Å². The summed E-state index contributed by atoms with van der Waals surface area (Å²) in [5.41, 5.74) is 1.12. The Labute approximate surface area is 98.1 Å². The minimum Gasteiger partial charge on any atom is -0.354 e. The summed E-state index contributed by atoms with van der Waals surface area (Å²) >= 11 is 0. The van der Waals surface area contributed by atoms with Crippen molar-refractivity contribution < 1.29 is 0 Å². The molecule has 0 saturated carbocycles. The summed E-state index contributed by atoms with van der Waals surface area (Å²) in [6.07, 6.45) is 1.88. The highest BCUT2D eigenvalue weighted by molar-refractivity contribution is 5.49. The second-order valence-corrected chi connectivity index (χ2v) is 4.11. The van der Waals surface area contributed by atoms with E-state index in [0.29, 0.717) is 12.0 Å². The summed E-state index contributed by atoms with van der Waals surface area (Å²) in [6.45, 7) is 12.4. The molecule has 0 bridgehead atoms. The number of aryl methyl sites for hydroxylation is 1. The van der Waals surface area contributed by atoms with Crippen LogP contribution in [0.1, 0.15) is 33.3 Å². The van der Waals surface area contributed by atoms with Gasteiger partial charge >= 0.3 is 0 Å². The van der Waals surface area contributed by atoms with Crippen molar-refractivity contribution in [1.82, 2.24) is 9.97 Å². The molecule has 0 aliphatic carbocycles. The van der Waals surface area contributed by atoms with Gasteiger partial charge in [0, 0.05) is 30.9 Å². The van der Waals surface area contributed by atoms with Gasteiger partial charge in [-0.15, -0.1) is 0 Å². The van der Waals surface area contributed by atoms with E-state index in [1.54, 1.807) is 0 Å². The molecule has 0 spiro atoms. The standard InChI is InChI=1S/C12H22N4/c1-6-13-12-14-8-10(5)11(15-12)16(7-2)9(3)4/h8-9H,6-7H2,1-5H3,(H,13,14,15). The van der Waals surface area contributed by atoms with Crippen LogP contribution in [0.25, 0.3) is 0 Å². The summed E-state index contributed by atoms with van der Waals surface area (Å²) < 4.78 is 0. The van der Waals surface area contributed by atoms with Crippen LogP contribution < -0.4 is 10.2 Å². The summed E-state index contributed by atoms with van der Waals surface area (Å²) in [7, 11) is 0. The van der Waals surface area contributed by atoms with E-state index < -0.39 is 0 Å². The quantitative estimate of drug-likeness (QED) is 0.831. The summed E-state index contributed by atoms with van der Waals surface area (Å²) in [6, 6.07) is 0.452. The Morgan fingerprint density at radius 1 is 1.38 bits per heavy atom. The molecular formula is C12H22N4. The van der Waals surface area contributed by atoms with Gasteiger partial charge in [0.25, 0.3) is 0 Å². The number of nitrogens with zero attached hydrogens (tertiary/aromatic N) is 3. The maximum absolute atomic E-state index is 4.56. The number of hydrogen-bond acceptors (Lipinski definition) is 4. The minimum atomic E-state index is 0.452. The van der Waals surface area contributed by atoms with Crippen LogP contribution in [0.3, 0.4) is 0 Å². The molecule has 90 valence electrons. The molecule has 1 aromatic heterocycles. The molecular weight excluding hydrogens is 200 g/mol. The molecule has 1 heterocycles. The smallest absolute Gasteiger partial charge is 0.224 e. The Hall–Kier alpha value is -1.32. The predicted octanol–water partition coefficient (Wildman–Crippen LogP) is 2.45. The molecule has 0 radical (unpaired) electrons. The lowest BCUT2D eigenvalue weighted by atomic mass is 10.2. The second-order valence-electron chi connectivity index (χ2n) is 4.11. The third-order valence-electron chi connectivity index (χ3n) is 2.52. The van der Waals surface area contributed by atoms with E-state index in [-0.39, 0.29) is 0 Å². The molecule has 1 rings (SSSR count). The number of rotatable bonds is 5. The molecule has 1 N–H and O–H groups in total. The number of nitrogens with one attached hydrogen (secondary N) is 1. The maximum Gasteiger partial charge on any atom is 0.224 e. The first-order chi connectivity index (χ1) is 7.60. The molecule has 0 atom stereocenters. The Morgan fingerprint density at radius 2 is 2.06 bits per heavy atom. The van der Waals surface area contributed by atoms with Gasteiger partial charge < -0.3 is 10.2 Å². The topological polar surface area (TPSA) is 41.1 Å². The van der Waals surface area contributed by atoms with E-state index in [0.717, 1.165) is 24.5 Å². The second kappa shape index (κ2) is 5.68.